The normalized spacial score (nSPS) is 19.2. The zero-order valence-corrected chi connectivity index (χ0v) is 20.7. The summed E-state index contributed by atoms with van der Waals surface area (Å²) in [5.41, 5.74) is 2.03. The van der Waals surface area contributed by atoms with E-state index >= 15 is 0 Å². The van der Waals surface area contributed by atoms with Crippen molar-refractivity contribution in [2.45, 2.75) is 31.3 Å². The molecular weight excluding hydrogens is 499 g/mol. The van der Waals surface area contributed by atoms with E-state index in [1.165, 1.54) is 0 Å². The number of hydrogen-bond donors (Lipinski definition) is 1. The summed E-state index contributed by atoms with van der Waals surface area (Å²) in [5, 5.41) is 12.9. The summed E-state index contributed by atoms with van der Waals surface area (Å²) in [4.78, 5) is 33.4. The average molecular weight is 519 g/mol. The number of amides is 2. The molecule has 2 aromatic carbocycles. The Hall–Kier alpha value is -3.75. The van der Waals surface area contributed by atoms with Gasteiger partial charge in [-0.3, -0.25) is 14.6 Å². The smallest absolute Gasteiger partial charge is 0.244 e. The van der Waals surface area contributed by atoms with Crippen molar-refractivity contribution in [3.63, 3.8) is 0 Å². The molecule has 4 heterocycles. The first kappa shape index (κ1) is 22.7. The molecule has 6 rings (SSSR count). The van der Waals surface area contributed by atoms with Gasteiger partial charge < -0.3 is 10.2 Å². The number of nitrogens with one attached hydrogen (secondary N) is 1. The first-order valence-electron chi connectivity index (χ1n) is 11.4. The topological polar surface area (TPSA) is 93.0 Å². The van der Waals surface area contributed by atoms with Gasteiger partial charge in [0.25, 0.3) is 0 Å². The lowest BCUT2D eigenvalue weighted by molar-refractivity contribution is -0.126. The lowest BCUT2D eigenvalue weighted by atomic mass is 9.73. The second-order valence-corrected chi connectivity index (χ2v) is 9.84. The highest BCUT2D eigenvalue weighted by atomic mass is 35.5. The molecule has 0 bridgehead atoms. The SMILES string of the molecule is C[C@@H](c1ccc(Cl)cc1)n1nnc2c1NC(=O)C[C@]21C(=O)N(Cc2ccccn2)c2ccc(Cl)cc21. The van der Waals surface area contributed by atoms with Gasteiger partial charge in [0.1, 0.15) is 11.1 Å². The molecule has 0 aliphatic carbocycles. The van der Waals surface area contributed by atoms with Crippen LogP contribution < -0.4 is 10.2 Å². The van der Waals surface area contributed by atoms with E-state index in [0.717, 1.165) is 11.3 Å². The minimum atomic E-state index is -1.34. The van der Waals surface area contributed by atoms with Gasteiger partial charge >= 0.3 is 0 Å². The standard InChI is InChI=1S/C26H20Cl2N6O2/c1-15(16-5-7-17(27)8-6-16)34-24-23(31-32-34)26(13-22(35)30-24)20-12-18(28)9-10-21(20)33(25(26)36)14-19-4-2-3-11-29-19/h2-12,15H,13-14H2,1H3,(H,30,35)/t15-,26+/m0/s1. The van der Waals surface area contributed by atoms with Gasteiger partial charge in [-0.25, -0.2) is 4.68 Å². The summed E-state index contributed by atoms with van der Waals surface area (Å²) in [6.07, 6.45) is 1.59. The van der Waals surface area contributed by atoms with Crippen LogP contribution in [0.25, 0.3) is 0 Å². The van der Waals surface area contributed by atoms with Gasteiger partial charge in [0.2, 0.25) is 11.8 Å². The molecule has 10 heteroatoms. The Bertz CT molecular complexity index is 1500. The van der Waals surface area contributed by atoms with E-state index < -0.39 is 5.41 Å². The van der Waals surface area contributed by atoms with Crippen LogP contribution in [0.4, 0.5) is 11.5 Å². The molecule has 0 radical (unpaired) electrons. The number of benzene rings is 2. The van der Waals surface area contributed by atoms with E-state index in [9.17, 15) is 9.59 Å². The molecule has 2 aromatic heterocycles. The van der Waals surface area contributed by atoms with Crippen LogP contribution in [0.5, 0.6) is 0 Å². The number of hydrogen-bond acceptors (Lipinski definition) is 5. The predicted molar refractivity (Wildman–Crippen MR) is 136 cm³/mol. The van der Waals surface area contributed by atoms with Crippen LogP contribution in [-0.2, 0) is 21.5 Å². The minimum absolute atomic E-state index is 0.0983. The molecule has 36 heavy (non-hydrogen) atoms. The highest BCUT2D eigenvalue weighted by Crippen LogP contribution is 2.52. The molecule has 8 nitrogen and oxygen atoms in total. The Balaban J connectivity index is 1.50. The number of carbonyl (C=O) groups excluding carboxylic acids is 2. The molecule has 1 spiro atoms. The number of aromatic nitrogens is 4. The lowest BCUT2D eigenvalue weighted by Crippen LogP contribution is -2.47. The van der Waals surface area contributed by atoms with Crippen molar-refractivity contribution >= 4 is 46.5 Å². The molecule has 0 saturated heterocycles. The third-order valence-corrected chi connectivity index (χ3v) is 7.35. The van der Waals surface area contributed by atoms with Gasteiger partial charge in [0.05, 0.1) is 24.7 Å². The van der Waals surface area contributed by atoms with Crippen molar-refractivity contribution in [2.24, 2.45) is 0 Å². The molecule has 2 atom stereocenters. The number of nitrogens with zero attached hydrogens (tertiary/aromatic N) is 5. The highest BCUT2D eigenvalue weighted by Gasteiger charge is 2.58. The molecule has 0 saturated carbocycles. The van der Waals surface area contributed by atoms with Crippen molar-refractivity contribution in [1.82, 2.24) is 20.0 Å². The Morgan fingerprint density at radius 3 is 2.58 bits per heavy atom. The predicted octanol–water partition coefficient (Wildman–Crippen LogP) is 4.76. The van der Waals surface area contributed by atoms with Crippen LogP contribution in [-0.4, -0.2) is 31.8 Å². The maximum absolute atomic E-state index is 14.2. The highest BCUT2D eigenvalue weighted by molar-refractivity contribution is 6.31. The summed E-state index contributed by atoms with van der Waals surface area (Å²) < 4.78 is 1.64. The Labute approximate surface area is 216 Å². The van der Waals surface area contributed by atoms with Gasteiger partial charge in [0, 0.05) is 21.9 Å². The first-order chi connectivity index (χ1) is 17.4. The summed E-state index contributed by atoms with van der Waals surface area (Å²) in [6.45, 7) is 2.20. The summed E-state index contributed by atoms with van der Waals surface area (Å²) in [7, 11) is 0. The number of halogens is 2. The van der Waals surface area contributed by atoms with E-state index in [1.807, 2.05) is 37.3 Å². The molecule has 2 aliphatic rings. The van der Waals surface area contributed by atoms with Gasteiger partial charge in [-0.1, -0.05) is 46.6 Å². The van der Waals surface area contributed by atoms with Crippen LogP contribution in [0.2, 0.25) is 10.0 Å². The maximum Gasteiger partial charge on any atom is 0.244 e. The number of anilines is 2. The van der Waals surface area contributed by atoms with Gasteiger partial charge in [-0.2, -0.15) is 0 Å². The number of fused-ring (bicyclic) bond motifs is 4. The van der Waals surface area contributed by atoms with Crippen molar-refractivity contribution in [2.75, 3.05) is 10.2 Å². The van der Waals surface area contributed by atoms with E-state index in [2.05, 4.69) is 20.6 Å². The first-order valence-corrected chi connectivity index (χ1v) is 12.2. The van der Waals surface area contributed by atoms with E-state index in [4.69, 9.17) is 23.2 Å². The zero-order valence-electron chi connectivity index (χ0n) is 19.2. The zero-order chi connectivity index (χ0) is 25.0. The maximum atomic E-state index is 14.2. The lowest BCUT2D eigenvalue weighted by Gasteiger charge is -2.31. The molecule has 0 unspecified atom stereocenters. The molecule has 1 N–H and O–H groups in total. The number of rotatable bonds is 4. The third-order valence-electron chi connectivity index (χ3n) is 6.87. The second-order valence-electron chi connectivity index (χ2n) is 8.96. The van der Waals surface area contributed by atoms with Gasteiger partial charge in [-0.05, 0) is 60.5 Å². The average Bonchev–Trinajstić information content (AvgIpc) is 3.39. The Morgan fingerprint density at radius 2 is 1.83 bits per heavy atom. The van der Waals surface area contributed by atoms with Crippen LogP contribution in [0.3, 0.4) is 0 Å². The number of pyridine rings is 1. The molecule has 180 valence electrons. The Morgan fingerprint density at radius 1 is 1.06 bits per heavy atom. The fraction of sp³-hybridized carbons (Fsp3) is 0.192. The molecule has 2 aliphatic heterocycles. The largest absolute Gasteiger partial charge is 0.309 e. The monoisotopic (exact) mass is 518 g/mol. The van der Waals surface area contributed by atoms with Crippen molar-refractivity contribution in [3.05, 3.63) is 99.4 Å². The third kappa shape index (κ3) is 3.40. The van der Waals surface area contributed by atoms with Crippen molar-refractivity contribution < 1.29 is 9.59 Å². The summed E-state index contributed by atoms with van der Waals surface area (Å²) in [6, 6.07) is 18.0. The molecule has 4 aromatic rings. The second kappa shape index (κ2) is 8.43. The van der Waals surface area contributed by atoms with Crippen LogP contribution in [0, 0.1) is 0 Å². The molecule has 0 fully saturated rings. The van der Waals surface area contributed by atoms with E-state index in [0.29, 0.717) is 32.8 Å². The van der Waals surface area contributed by atoms with E-state index in [1.54, 1.807) is 46.1 Å². The van der Waals surface area contributed by atoms with Crippen molar-refractivity contribution in [1.29, 1.82) is 0 Å². The van der Waals surface area contributed by atoms with Crippen LogP contribution in [0.1, 0.15) is 41.9 Å². The Kier molecular flexibility index (Phi) is 5.31. The summed E-state index contributed by atoms with van der Waals surface area (Å²) in [5.74, 6) is -0.159. The number of carbonyl (C=O) groups is 2. The minimum Gasteiger partial charge on any atom is -0.309 e. The fourth-order valence-electron chi connectivity index (χ4n) is 5.10. The quantitative estimate of drug-likeness (QED) is 0.420. The van der Waals surface area contributed by atoms with Crippen molar-refractivity contribution in [3.8, 4) is 0 Å². The van der Waals surface area contributed by atoms with Gasteiger partial charge in [0.15, 0.2) is 5.82 Å². The van der Waals surface area contributed by atoms with Crippen LogP contribution >= 0.6 is 23.2 Å². The van der Waals surface area contributed by atoms with E-state index in [-0.39, 0.29) is 30.8 Å². The molecule has 2 amide bonds. The fourth-order valence-corrected chi connectivity index (χ4v) is 5.40. The van der Waals surface area contributed by atoms with Crippen LogP contribution in [0.15, 0.2) is 66.9 Å². The summed E-state index contributed by atoms with van der Waals surface area (Å²) >= 11 is 12.5. The molecular formula is C26H20Cl2N6O2. The van der Waals surface area contributed by atoms with Gasteiger partial charge in [-0.15, -0.1) is 5.10 Å².